The van der Waals surface area contributed by atoms with Crippen LogP contribution >= 0.6 is 0 Å². The molecule has 3 heterocycles. The minimum atomic E-state index is 0.452. The van der Waals surface area contributed by atoms with Gasteiger partial charge in [0.25, 0.3) is 0 Å². The number of nitrogens with zero attached hydrogens (tertiary/aromatic N) is 5. The molecule has 1 unspecified atom stereocenters. The molecule has 2 aromatic heterocycles. The zero-order valence-electron chi connectivity index (χ0n) is 12.0. The third kappa shape index (κ3) is 2.76. The minimum absolute atomic E-state index is 0.452. The van der Waals surface area contributed by atoms with E-state index in [0.29, 0.717) is 5.92 Å². The highest BCUT2D eigenvalue weighted by Gasteiger charge is 2.23. The summed E-state index contributed by atoms with van der Waals surface area (Å²) in [7, 11) is 0. The van der Waals surface area contributed by atoms with Crippen LogP contribution in [-0.2, 0) is 0 Å². The topological polar surface area (TPSA) is 54.8 Å². The van der Waals surface area contributed by atoms with Gasteiger partial charge in [0.05, 0.1) is 5.69 Å². The summed E-state index contributed by atoms with van der Waals surface area (Å²) in [6, 6.07) is 6.10. The monoisotopic (exact) mass is 269 g/mol. The Kier molecular flexibility index (Phi) is 3.58. The molecule has 1 aliphatic rings. The standard InChI is InChI=1S/C15H19N5/c1-11-5-6-15(19-18-11)20-9-3-4-13(10-20)14-7-8-16-12(2)17-14/h5-8,13H,3-4,9-10H2,1-2H3. The van der Waals surface area contributed by atoms with E-state index < -0.39 is 0 Å². The van der Waals surface area contributed by atoms with Crippen LogP contribution in [0.5, 0.6) is 0 Å². The first-order valence-corrected chi connectivity index (χ1v) is 7.07. The number of anilines is 1. The van der Waals surface area contributed by atoms with Crippen molar-refractivity contribution in [3.63, 3.8) is 0 Å². The predicted octanol–water partition coefficient (Wildman–Crippen LogP) is 2.27. The zero-order chi connectivity index (χ0) is 13.9. The van der Waals surface area contributed by atoms with Crippen LogP contribution in [0.1, 0.15) is 36.0 Å². The quantitative estimate of drug-likeness (QED) is 0.837. The number of piperidine rings is 1. The van der Waals surface area contributed by atoms with E-state index in [1.165, 1.54) is 6.42 Å². The Morgan fingerprint density at radius 3 is 2.80 bits per heavy atom. The average Bonchev–Trinajstić information content (AvgIpc) is 2.48. The molecule has 0 aromatic carbocycles. The highest BCUT2D eigenvalue weighted by atomic mass is 15.3. The summed E-state index contributed by atoms with van der Waals surface area (Å²) in [5, 5.41) is 8.44. The SMILES string of the molecule is Cc1ccc(N2CCCC(c3ccnc(C)n3)C2)nn1. The molecule has 3 rings (SSSR count). The van der Waals surface area contributed by atoms with E-state index in [-0.39, 0.29) is 0 Å². The molecule has 0 spiro atoms. The van der Waals surface area contributed by atoms with E-state index in [4.69, 9.17) is 0 Å². The number of hydrogen-bond acceptors (Lipinski definition) is 5. The lowest BCUT2D eigenvalue weighted by Crippen LogP contribution is -2.35. The van der Waals surface area contributed by atoms with Crippen molar-refractivity contribution in [1.82, 2.24) is 20.2 Å². The van der Waals surface area contributed by atoms with Gasteiger partial charge in [0.15, 0.2) is 5.82 Å². The third-order valence-electron chi connectivity index (χ3n) is 3.75. The van der Waals surface area contributed by atoms with Crippen LogP contribution in [0.4, 0.5) is 5.82 Å². The van der Waals surface area contributed by atoms with Gasteiger partial charge in [-0.25, -0.2) is 9.97 Å². The zero-order valence-corrected chi connectivity index (χ0v) is 12.0. The molecule has 5 nitrogen and oxygen atoms in total. The van der Waals surface area contributed by atoms with Gasteiger partial charge in [-0.3, -0.25) is 0 Å². The summed E-state index contributed by atoms with van der Waals surface area (Å²) in [6.07, 6.45) is 4.18. The molecule has 0 bridgehead atoms. The minimum Gasteiger partial charge on any atom is -0.354 e. The number of rotatable bonds is 2. The van der Waals surface area contributed by atoms with E-state index in [1.807, 2.05) is 32.2 Å². The van der Waals surface area contributed by atoms with Crippen LogP contribution in [0.25, 0.3) is 0 Å². The fraction of sp³-hybridized carbons (Fsp3) is 0.467. The van der Waals surface area contributed by atoms with Crippen LogP contribution in [-0.4, -0.2) is 33.3 Å². The van der Waals surface area contributed by atoms with Crippen molar-refractivity contribution in [2.24, 2.45) is 0 Å². The molecule has 0 saturated carbocycles. The summed E-state index contributed by atoms with van der Waals surface area (Å²) in [6.45, 7) is 5.89. The second-order valence-electron chi connectivity index (χ2n) is 5.35. The van der Waals surface area contributed by atoms with Gasteiger partial charge in [0.2, 0.25) is 0 Å². The van der Waals surface area contributed by atoms with Crippen LogP contribution < -0.4 is 4.90 Å². The van der Waals surface area contributed by atoms with Gasteiger partial charge < -0.3 is 4.90 Å². The van der Waals surface area contributed by atoms with Crippen molar-refractivity contribution in [2.45, 2.75) is 32.6 Å². The largest absolute Gasteiger partial charge is 0.354 e. The van der Waals surface area contributed by atoms with Gasteiger partial charge in [-0.2, -0.15) is 5.10 Å². The second-order valence-corrected chi connectivity index (χ2v) is 5.35. The summed E-state index contributed by atoms with van der Waals surface area (Å²) in [4.78, 5) is 11.0. The van der Waals surface area contributed by atoms with Crippen molar-refractivity contribution in [3.05, 3.63) is 41.6 Å². The molecule has 104 valence electrons. The molecule has 1 atom stereocenters. The molecule has 2 aromatic rings. The van der Waals surface area contributed by atoms with Gasteiger partial charge >= 0.3 is 0 Å². The van der Waals surface area contributed by atoms with Crippen molar-refractivity contribution in [1.29, 1.82) is 0 Å². The number of aromatic nitrogens is 4. The van der Waals surface area contributed by atoms with Crippen molar-refractivity contribution < 1.29 is 0 Å². The highest BCUT2D eigenvalue weighted by molar-refractivity contribution is 5.38. The molecular weight excluding hydrogens is 250 g/mol. The molecule has 1 saturated heterocycles. The first kappa shape index (κ1) is 13.0. The maximum atomic E-state index is 4.57. The molecule has 1 fully saturated rings. The van der Waals surface area contributed by atoms with Gasteiger partial charge in [-0.1, -0.05) is 0 Å². The Hall–Kier alpha value is -2.04. The number of aryl methyl sites for hydroxylation is 2. The maximum absolute atomic E-state index is 4.57. The Balaban J connectivity index is 1.78. The normalized spacial score (nSPS) is 19.1. The van der Waals surface area contributed by atoms with E-state index in [1.54, 1.807) is 0 Å². The van der Waals surface area contributed by atoms with E-state index >= 15 is 0 Å². The Labute approximate surface area is 119 Å². The summed E-state index contributed by atoms with van der Waals surface area (Å²) < 4.78 is 0. The molecule has 0 aliphatic carbocycles. The van der Waals surface area contributed by atoms with Crippen LogP contribution in [0.3, 0.4) is 0 Å². The molecule has 0 N–H and O–H groups in total. The second kappa shape index (κ2) is 5.53. The van der Waals surface area contributed by atoms with Gasteiger partial charge in [0.1, 0.15) is 5.82 Å². The smallest absolute Gasteiger partial charge is 0.151 e. The summed E-state index contributed by atoms with van der Waals surface area (Å²) >= 11 is 0. The van der Waals surface area contributed by atoms with Gasteiger partial charge in [-0.05, 0) is 44.9 Å². The third-order valence-corrected chi connectivity index (χ3v) is 3.75. The van der Waals surface area contributed by atoms with E-state index in [0.717, 1.165) is 42.5 Å². The van der Waals surface area contributed by atoms with Crippen LogP contribution in [0.2, 0.25) is 0 Å². The molecule has 0 radical (unpaired) electrons. The lowest BCUT2D eigenvalue weighted by Gasteiger charge is -2.33. The Morgan fingerprint density at radius 2 is 2.05 bits per heavy atom. The lowest BCUT2D eigenvalue weighted by atomic mass is 9.94. The van der Waals surface area contributed by atoms with Crippen molar-refractivity contribution >= 4 is 5.82 Å². The first-order chi connectivity index (χ1) is 9.72. The highest BCUT2D eigenvalue weighted by Crippen LogP contribution is 2.27. The fourth-order valence-corrected chi connectivity index (χ4v) is 2.69. The molecule has 20 heavy (non-hydrogen) atoms. The van der Waals surface area contributed by atoms with E-state index in [2.05, 4.69) is 31.1 Å². The molecule has 0 amide bonds. The molecule has 1 aliphatic heterocycles. The van der Waals surface area contributed by atoms with Gasteiger partial charge in [0, 0.05) is 30.9 Å². The maximum Gasteiger partial charge on any atom is 0.151 e. The summed E-state index contributed by atoms with van der Waals surface area (Å²) in [5.74, 6) is 2.26. The average molecular weight is 269 g/mol. The fourth-order valence-electron chi connectivity index (χ4n) is 2.69. The van der Waals surface area contributed by atoms with Crippen LogP contribution in [0, 0.1) is 13.8 Å². The first-order valence-electron chi connectivity index (χ1n) is 7.07. The Morgan fingerprint density at radius 1 is 1.15 bits per heavy atom. The van der Waals surface area contributed by atoms with Crippen LogP contribution in [0.15, 0.2) is 24.4 Å². The molecular formula is C15H19N5. The van der Waals surface area contributed by atoms with E-state index in [9.17, 15) is 0 Å². The number of hydrogen-bond donors (Lipinski definition) is 0. The molecule has 5 heteroatoms. The Bertz CT molecular complexity index is 581. The van der Waals surface area contributed by atoms with Crippen molar-refractivity contribution in [2.75, 3.05) is 18.0 Å². The van der Waals surface area contributed by atoms with Gasteiger partial charge in [-0.15, -0.1) is 5.10 Å². The summed E-state index contributed by atoms with van der Waals surface area (Å²) in [5.41, 5.74) is 2.09. The van der Waals surface area contributed by atoms with Crippen molar-refractivity contribution in [3.8, 4) is 0 Å². The predicted molar refractivity (Wildman–Crippen MR) is 77.7 cm³/mol. The lowest BCUT2D eigenvalue weighted by molar-refractivity contribution is 0.495.